The maximum absolute atomic E-state index is 13.7. The largest absolute Gasteiger partial charge is 0.481 e. The first-order valence-electron chi connectivity index (χ1n) is 8.80. The van der Waals surface area contributed by atoms with Gasteiger partial charge in [0.05, 0.1) is 12.1 Å². The summed E-state index contributed by atoms with van der Waals surface area (Å²) in [7, 11) is 1.63. The van der Waals surface area contributed by atoms with Gasteiger partial charge in [0.15, 0.2) is 0 Å². The van der Waals surface area contributed by atoms with Crippen molar-refractivity contribution < 1.29 is 9.13 Å². The number of benzene rings is 1. The maximum Gasteiger partial charge on any atom is 0.217 e. The second-order valence-electron chi connectivity index (χ2n) is 6.67. The molecule has 0 N–H and O–H groups in total. The molecule has 0 spiro atoms. The molecule has 0 radical (unpaired) electrons. The number of hydrogen-bond acceptors (Lipinski definition) is 3. The Morgan fingerprint density at radius 2 is 2.00 bits per heavy atom. The number of piperidine rings is 1. The summed E-state index contributed by atoms with van der Waals surface area (Å²) in [5.41, 5.74) is 1.86. The predicted octanol–water partition coefficient (Wildman–Crippen LogP) is 4.73. The van der Waals surface area contributed by atoms with Gasteiger partial charge in [-0.1, -0.05) is 29.8 Å². The normalized spacial score (nSPS) is 16.1. The van der Waals surface area contributed by atoms with Crippen molar-refractivity contribution in [2.75, 3.05) is 20.2 Å². The van der Waals surface area contributed by atoms with Crippen molar-refractivity contribution in [1.82, 2.24) is 9.88 Å². The Morgan fingerprint density at radius 3 is 2.72 bits per heavy atom. The summed E-state index contributed by atoms with van der Waals surface area (Å²) in [4.78, 5) is 6.64. The molecule has 0 aliphatic carbocycles. The zero-order chi connectivity index (χ0) is 17.6. The minimum atomic E-state index is -0.0829. The number of rotatable bonds is 6. The van der Waals surface area contributed by atoms with Crippen LogP contribution in [0.1, 0.15) is 30.4 Å². The number of aromatic nitrogens is 1. The van der Waals surface area contributed by atoms with E-state index in [1.807, 2.05) is 18.2 Å². The molecule has 1 aromatic carbocycles. The van der Waals surface area contributed by atoms with Crippen LogP contribution in [0.25, 0.3) is 0 Å². The summed E-state index contributed by atoms with van der Waals surface area (Å²) < 4.78 is 19.0. The van der Waals surface area contributed by atoms with Crippen molar-refractivity contribution in [2.24, 2.45) is 5.92 Å². The molecule has 0 saturated carbocycles. The highest BCUT2D eigenvalue weighted by Crippen LogP contribution is 2.26. The van der Waals surface area contributed by atoms with Crippen molar-refractivity contribution in [2.45, 2.75) is 32.2 Å². The monoisotopic (exact) mass is 362 g/mol. The van der Waals surface area contributed by atoms with E-state index in [9.17, 15) is 4.39 Å². The SMILES string of the molecule is COc1ncc(Cl)cc1CN1CCC(CCc2ccccc2F)CC1. The highest BCUT2D eigenvalue weighted by molar-refractivity contribution is 6.30. The Labute approximate surface area is 153 Å². The highest BCUT2D eigenvalue weighted by Gasteiger charge is 2.21. The molecule has 5 heteroatoms. The maximum atomic E-state index is 13.7. The van der Waals surface area contributed by atoms with E-state index in [4.69, 9.17) is 16.3 Å². The molecule has 0 atom stereocenters. The van der Waals surface area contributed by atoms with Gasteiger partial charge in [0, 0.05) is 18.3 Å². The zero-order valence-electron chi connectivity index (χ0n) is 14.5. The Balaban J connectivity index is 1.49. The number of methoxy groups -OCH3 is 1. The van der Waals surface area contributed by atoms with E-state index in [1.165, 1.54) is 0 Å². The van der Waals surface area contributed by atoms with E-state index in [-0.39, 0.29) is 5.82 Å². The molecule has 1 aliphatic rings. The molecule has 1 saturated heterocycles. The van der Waals surface area contributed by atoms with Gasteiger partial charge in [-0.3, -0.25) is 4.90 Å². The van der Waals surface area contributed by atoms with E-state index in [0.29, 0.717) is 16.8 Å². The van der Waals surface area contributed by atoms with Gasteiger partial charge in [0.2, 0.25) is 5.88 Å². The lowest BCUT2D eigenvalue weighted by atomic mass is 9.90. The molecule has 0 bridgehead atoms. The van der Waals surface area contributed by atoms with E-state index >= 15 is 0 Å². The summed E-state index contributed by atoms with van der Waals surface area (Å²) in [5, 5.41) is 0.635. The molecule has 0 unspecified atom stereocenters. The first kappa shape index (κ1) is 18.2. The Hall–Kier alpha value is -1.65. The van der Waals surface area contributed by atoms with Crippen LogP contribution < -0.4 is 4.74 Å². The molecule has 25 heavy (non-hydrogen) atoms. The van der Waals surface area contributed by atoms with Gasteiger partial charge in [-0.05, 0) is 62.4 Å². The quantitative estimate of drug-likeness (QED) is 0.743. The van der Waals surface area contributed by atoms with Crippen LogP contribution in [-0.4, -0.2) is 30.1 Å². The van der Waals surface area contributed by atoms with Crippen molar-refractivity contribution in [1.29, 1.82) is 0 Å². The fourth-order valence-corrected chi connectivity index (χ4v) is 3.68. The lowest BCUT2D eigenvalue weighted by molar-refractivity contribution is 0.170. The lowest BCUT2D eigenvalue weighted by Gasteiger charge is -2.32. The highest BCUT2D eigenvalue weighted by atomic mass is 35.5. The van der Waals surface area contributed by atoms with Gasteiger partial charge < -0.3 is 4.74 Å². The lowest BCUT2D eigenvalue weighted by Crippen LogP contribution is -2.33. The average Bonchev–Trinajstić information content (AvgIpc) is 2.62. The minimum absolute atomic E-state index is 0.0829. The second kappa shape index (κ2) is 8.63. The summed E-state index contributed by atoms with van der Waals surface area (Å²) in [5.74, 6) is 1.22. The van der Waals surface area contributed by atoms with Crippen LogP contribution in [-0.2, 0) is 13.0 Å². The fourth-order valence-electron chi connectivity index (χ4n) is 3.50. The van der Waals surface area contributed by atoms with Gasteiger partial charge >= 0.3 is 0 Å². The van der Waals surface area contributed by atoms with Crippen LogP contribution in [0, 0.1) is 11.7 Å². The van der Waals surface area contributed by atoms with Crippen LogP contribution in [0.5, 0.6) is 5.88 Å². The summed E-state index contributed by atoms with van der Waals surface area (Å²) in [6, 6.07) is 9.02. The number of hydrogen-bond donors (Lipinski definition) is 0. The van der Waals surface area contributed by atoms with E-state index in [0.717, 1.165) is 56.4 Å². The molecule has 0 amide bonds. The molecular formula is C20H24ClFN2O. The summed E-state index contributed by atoms with van der Waals surface area (Å²) >= 11 is 6.06. The third-order valence-corrected chi connectivity index (χ3v) is 5.17. The van der Waals surface area contributed by atoms with Gasteiger partial charge in [-0.25, -0.2) is 9.37 Å². The Kier molecular flexibility index (Phi) is 6.27. The number of halogens is 2. The molecule has 1 aromatic heterocycles. The van der Waals surface area contributed by atoms with Crippen LogP contribution in [0.2, 0.25) is 5.02 Å². The number of pyridine rings is 1. The van der Waals surface area contributed by atoms with E-state index in [2.05, 4.69) is 9.88 Å². The zero-order valence-corrected chi connectivity index (χ0v) is 15.3. The predicted molar refractivity (Wildman–Crippen MR) is 98.5 cm³/mol. The third-order valence-electron chi connectivity index (χ3n) is 4.97. The van der Waals surface area contributed by atoms with Crippen LogP contribution in [0.4, 0.5) is 4.39 Å². The van der Waals surface area contributed by atoms with Crippen molar-refractivity contribution in [3.05, 3.63) is 58.5 Å². The molecule has 1 aliphatic heterocycles. The van der Waals surface area contributed by atoms with E-state index < -0.39 is 0 Å². The van der Waals surface area contributed by atoms with Crippen LogP contribution in [0.3, 0.4) is 0 Å². The standard InChI is InChI=1S/C20H24ClFN2O/c1-25-20-17(12-18(21)13-23-20)14-24-10-8-15(9-11-24)6-7-16-4-2-3-5-19(16)22/h2-5,12-13,15H,6-11,14H2,1H3. The third kappa shape index (κ3) is 4.93. The van der Waals surface area contributed by atoms with Crippen LogP contribution >= 0.6 is 11.6 Å². The van der Waals surface area contributed by atoms with Gasteiger partial charge in [-0.2, -0.15) is 0 Å². The molecule has 1 fully saturated rings. The molecule has 134 valence electrons. The molecule has 2 heterocycles. The number of ether oxygens (including phenoxy) is 1. The smallest absolute Gasteiger partial charge is 0.217 e. The first-order chi connectivity index (χ1) is 12.2. The molecule has 2 aromatic rings. The van der Waals surface area contributed by atoms with Gasteiger partial charge in [0.1, 0.15) is 5.82 Å². The number of nitrogens with zero attached hydrogens (tertiary/aromatic N) is 2. The summed E-state index contributed by atoms with van der Waals surface area (Å²) in [6.07, 6.45) is 5.77. The molecule has 3 rings (SSSR count). The number of likely N-dealkylation sites (tertiary alicyclic amines) is 1. The van der Waals surface area contributed by atoms with Crippen LogP contribution in [0.15, 0.2) is 36.5 Å². The van der Waals surface area contributed by atoms with Gasteiger partial charge in [-0.15, -0.1) is 0 Å². The van der Waals surface area contributed by atoms with Crippen molar-refractivity contribution in [3.8, 4) is 5.88 Å². The first-order valence-corrected chi connectivity index (χ1v) is 9.17. The fraction of sp³-hybridized carbons (Fsp3) is 0.450. The average molecular weight is 363 g/mol. The second-order valence-corrected chi connectivity index (χ2v) is 7.11. The number of aryl methyl sites for hydroxylation is 1. The topological polar surface area (TPSA) is 25.4 Å². The van der Waals surface area contributed by atoms with E-state index in [1.54, 1.807) is 25.4 Å². The molecular weight excluding hydrogens is 339 g/mol. The van der Waals surface area contributed by atoms with Crippen molar-refractivity contribution in [3.63, 3.8) is 0 Å². The Morgan fingerprint density at radius 1 is 1.24 bits per heavy atom. The molecule has 3 nitrogen and oxygen atoms in total. The minimum Gasteiger partial charge on any atom is -0.481 e. The van der Waals surface area contributed by atoms with Crippen molar-refractivity contribution >= 4 is 11.6 Å². The van der Waals surface area contributed by atoms with Gasteiger partial charge in [0.25, 0.3) is 0 Å². The summed E-state index contributed by atoms with van der Waals surface area (Å²) in [6.45, 7) is 2.88. The Bertz CT molecular complexity index is 702.